The molecule has 0 saturated carbocycles. The summed E-state index contributed by atoms with van der Waals surface area (Å²) in [5, 5.41) is 0.401. The highest BCUT2D eigenvalue weighted by molar-refractivity contribution is 7.90. The van der Waals surface area contributed by atoms with Gasteiger partial charge in [0.1, 0.15) is 6.33 Å². The third-order valence-corrected chi connectivity index (χ3v) is 5.94. The Balaban J connectivity index is 2.00. The van der Waals surface area contributed by atoms with Crippen LogP contribution in [0.2, 0.25) is 5.15 Å². The van der Waals surface area contributed by atoms with Crippen molar-refractivity contribution in [1.29, 1.82) is 0 Å². The quantitative estimate of drug-likeness (QED) is 0.610. The lowest BCUT2D eigenvalue weighted by atomic mass is 10.1. The normalized spacial score (nSPS) is 11.6. The van der Waals surface area contributed by atoms with Crippen LogP contribution in [-0.2, 0) is 9.84 Å². The molecule has 2 aromatic carbocycles. The number of hydrogen-bond acceptors (Lipinski definition) is 4. The van der Waals surface area contributed by atoms with Gasteiger partial charge in [-0.3, -0.25) is 4.57 Å². The second-order valence-electron chi connectivity index (χ2n) is 6.24. The van der Waals surface area contributed by atoms with Crippen LogP contribution in [0.4, 0.5) is 5.69 Å². The third-order valence-electron chi connectivity index (χ3n) is 4.54. The summed E-state index contributed by atoms with van der Waals surface area (Å²) < 4.78 is 25.2. The number of benzene rings is 2. The van der Waals surface area contributed by atoms with Crippen LogP contribution < -0.4 is 4.90 Å². The zero-order valence-electron chi connectivity index (χ0n) is 15.6. The van der Waals surface area contributed by atoms with Gasteiger partial charge in [0.05, 0.1) is 10.6 Å². The first-order valence-corrected chi connectivity index (χ1v) is 11.0. The Morgan fingerprint density at radius 3 is 2.11 bits per heavy atom. The summed E-state index contributed by atoms with van der Waals surface area (Å²) in [5.41, 5.74) is 3.67. The summed E-state index contributed by atoms with van der Waals surface area (Å²) in [5.74, 6) is 0. The maximum absolute atomic E-state index is 11.7. The maximum atomic E-state index is 11.7. The van der Waals surface area contributed by atoms with Crippen LogP contribution in [0, 0.1) is 0 Å². The van der Waals surface area contributed by atoms with Gasteiger partial charge in [-0.2, -0.15) is 0 Å². The number of aromatic nitrogens is 2. The first-order chi connectivity index (χ1) is 12.8. The maximum Gasteiger partial charge on any atom is 0.175 e. The number of rotatable bonds is 6. The number of nitrogens with zero attached hydrogens (tertiary/aromatic N) is 3. The van der Waals surface area contributed by atoms with E-state index in [-0.39, 0.29) is 4.90 Å². The molecule has 3 aromatic rings. The van der Waals surface area contributed by atoms with Crippen molar-refractivity contribution in [3.05, 3.63) is 60.0 Å². The minimum atomic E-state index is -3.23. The Kier molecular flexibility index (Phi) is 5.58. The summed E-state index contributed by atoms with van der Waals surface area (Å²) in [6.07, 6.45) is 2.84. The fourth-order valence-electron chi connectivity index (χ4n) is 3.05. The molecule has 1 heterocycles. The molecular weight excluding hydrogens is 382 g/mol. The predicted octanol–water partition coefficient (Wildman–Crippen LogP) is 4.44. The van der Waals surface area contributed by atoms with Crippen LogP contribution in [0.1, 0.15) is 13.8 Å². The van der Waals surface area contributed by atoms with Crippen LogP contribution in [0.3, 0.4) is 0 Å². The van der Waals surface area contributed by atoms with Gasteiger partial charge in [0.2, 0.25) is 0 Å². The van der Waals surface area contributed by atoms with Gasteiger partial charge in [0.25, 0.3) is 0 Å². The number of sulfone groups is 1. The van der Waals surface area contributed by atoms with Crippen LogP contribution in [0.15, 0.2) is 59.8 Å². The van der Waals surface area contributed by atoms with Crippen LogP contribution >= 0.6 is 11.6 Å². The molecule has 0 unspecified atom stereocenters. The number of hydrogen-bond donors (Lipinski definition) is 0. The number of halogens is 1. The van der Waals surface area contributed by atoms with Crippen molar-refractivity contribution in [2.45, 2.75) is 18.7 Å². The molecular formula is C20H22ClN3O2S. The number of imidazole rings is 1. The van der Waals surface area contributed by atoms with Gasteiger partial charge >= 0.3 is 0 Å². The fourth-order valence-corrected chi connectivity index (χ4v) is 3.93. The first-order valence-electron chi connectivity index (χ1n) is 8.73. The molecule has 5 nitrogen and oxygen atoms in total. The topological polar surface area (TPSA) is 55.2 Å². The van der Waals surface area contributed by atoms with Gasteiger partial charge in [-0.15, -0.1) is 0 Å². The van der Waals surface area contributed by atoms with E-state index in [1.165, 1.54) is 6.26 Å². The lowest BCUT2D eigenvalue weighted by Gasteiger charge is -2.21. The molecule has 0 aliphatic rings. The van der Waals surface area contributed by atoms with Crippen molar-refractivity contribution >= 4 is 27.1 Å². The molecule has 0 fully saturated rings. The standard InChI is InChI=1S/C20H22ClN3O2S/c1-4-23(5-2)16-8-6-15(7-9-16)19-20(21)22-14-24(19)17-10-12-18(13-11-17)27(3,25)26/h6-14H,4-5H2,1-3H3. The van der Waals surface area contributed by atoms with Crippen LogP contribution in [0.5, 0.6) is 0 Å². The minimum Gasteiger partial charge on any atom is -0.372 e. The second kappa shape index (κ2) is 7.74. The molecule has 1 aromatic heterocycles. The lowest BCUT2D eigenvalue weighted by Crippen LogP contribution is -2.21. The average Bonchev–Trinajstić information content (AvgIpc) is 3.04. The molecule has 0 atom stereocenters. The monoisotopic (exact) mass is 403 g/mol. The highest BCUT2D eigenvalue weighted by atomic mass is 35.5. The molecule has 0 aliphatic heterocycles. The van der Waals surface area contributed by atoms with Crippen molar-refractivity contribution in [1.82, 2.24) is 9.55 Å². The molecule has 27 heavy (non-hydrogen) atoms. The largest absolute Gasteiger partial charge is 0.372 e. The van der Waals surface area contributed by atoms with Crippen molar-refractivity contribution in [2.75, 3.05) is 24.2 Å². The van der Waals surface area contributed by atoms with Gasteiger partial charge in [0.15, 0.2) is 15.0 Å². The molecule has 142 valence electrons. The summed E-state index contributed by atoms with van der Waals surface area (Å²) in [7, 11) is -3.23. The molecule has 0 saturated heterocycles. The zero-order chi connectivity index (χ0) is 19.6. The Morgan fingerprint density at radius 1 is 1.00 bits per heavy atom. The van der Waals surface area contributed by atoms with E-state index >= 15 is 0 Å². The van der Waals surface area contributed by atoms with Gasteiger partial charge < -0.3 is 4.90 Å². The van der Waals surface area contributed by atoms with Gasteiger partial charge in [0, 0.05) is 36.3 Å². The van der Waals surface area contributed by atoms with Crippen molar-refractivity contribution in [3.63, 3.8) is 0 Å². The Morgan fingerprint density at radius 2 is 1.59 bits per heavy atom. The highest BCUT2D eigenvalue weighted by Crippen LogP contribution is 2.31. The highest BCUT2D eigenvalue weighted by Gasteiger charge is 2.14. The van der Waals surface area contributed by atoms with E-state index in [1.807, 2.05) is 16.7 Å². The molecule has 0 aliphatic carbocycles. The van der Waals surface area contributed by atoms with E-state index in [1.54, 1.807) is 30.6 Å². The summed E-state index contributed by atoms with van der Waals surface area (Å²) in [6, 6.07) is 14.9. The molecule has 3 rings (SSSR count). The minimum absolute atomic E-state index is 0.280. The number of anilines is 1. The third kappa shape index (κ3) is 4.01. The molecule has 0 N–H and O–H groups in total. The van der Waals surface area contributed by atoms with E-state index in [2.05, 4.69) is 35.9 Å². The van der Waals surface area contributed by atoms with E-state index in [0.29, 0.717) is 5.15 Å². The Labute approximate surface area is 165 Å². The second-order valence-corrected chi connectivity index (χ2v) is 8.61. The van der Waals surface area contributed by atoms with E-state index in [0.717, 1.165) is 35.7 Å². The predicted molar refractivity (Wildman–Crippen MR) is 111 cm³/mol. The average molecular weight is 404 g/mol. The SMILES string of the molecule is CCN(CC)c1ccc(-c2c(Cl)ncn2-c2ccc(S(C)(=O)=O)cc2)cc1. The van der Waals surface area contributed by atoms with Gasteiger partial charge in [-0.25, -0.2) is 13.4 Å². The van der Waals surface area contributed by atoms with Gasteiger partial charge in [-0.1, -0.05) is 23.7 Å². The molecule has 7 heteroatoms. The van der Waals surface area contributed by atoms with E-state index in [9.17, 15) is 8.42 Å². The van der Waals surface area contributed by atoms with Crippen molar-refractivity contribution < 1.29 is 8.42 Å². The van der Waals surface area contributed by atoms with Gasteiger partial charge in [-0.05, 0) is 50.2 Å². The molecule has 0 radical (unpaired) electrons. The zero-order valence-corrected chi connectivity index (χ0v) is 17.1. The summed E-state index contributed by atoms with van der Waals surface area (Å²) in [6.45, 7) is 6.15. The van der Waals surface area contributed by atoms with Crippen LogP contribution in [0.25, 0.3) is 16.9 Å². The lowest BCUT2D eigenvalue weighted by molar-refractivity contribution is 0.602. The van der Waals surface area contributed by atoms with Crippen LogP contribution in [-0.4, -0.2) is 37.3 Å². The first kappa shape index (κ1) is 19.5. The van der Waals surface area contributed by atoms with E-state index < -0.39 is 9.84 Å². The van der Waals surface area contributed by atoms with Crippen molar-refractivity contribution in [2.24, 2.45) is 0 Å². The Hall–Kier alpha value is -2.31. The molecule has 0 bridgehead atoms. The fraction of sp³-hybridized carbons (Fsp3) is 0.250. The molecule has 0 spiro atoms. The summed E-state index contributed by atoms with van der Waals surface area (Å²) >= 11 is 6.35. The molecule has 0 amide bonds. The summed E-state index contributed by atoms with van der Waals surface area (Å²) in [4.78, 5) is 6.78. The van der Waals surface area contributed by atoms with E-state index in [4.69, 9.17) is 11.6 Å². The smallest absolute Gasteiger partial charge is 0.175 e. The van der Waals surface area contributed by atoms with Crippen molar-refractivity contribution in [3.8, 4) is 16.9 Å². The Bertz CT molecular complexity index is 1020.